The molecule has 0 aliphatic rings. The zero-order valence-corrected chi connectivity index (χ0v) is 12.7. The molecule has 5 nitrogen and oxygen atoms in total. The number of nitrogens with zero attached hydrogens (tertiary/aromatic N) is 4. The zero-order valence-electron chi connectivity index (χ0n) is 12.7. The summed E-state index contributed by atoms with van der Waals surface area (Å²) in [7, 11) is 0. The van der Waals surface area contributed by atoms with E-state index in [-0.39, 0.29) is 0 Å². The third kappa shape index (κ3) is 4.20. The lowest BCUT2D eigenvalue weighted by atomic mass is 10.2. The van der Waals surface area contributed by atoms with E-state index in [1.54, 1.807) is 6.33 Å². The zero-order chi connectivity index (χ0) is 14.4. The van der Waals surface area contributed by atoms with E-state index in [9.17, 15) is 0 Å². The second kappa shape index (κ2) is 7.24. The fourth-order valence-electron chi connectivity index (χ4n) is 2.17. The van der Waals surface area contributed by atoms with Crippen LogP contribution in [0.15, 0.2) is 24.8 Å². The minimum Gasteiger partial charge on any atom is -0.346 e. The van der Waals surface area contributed by atoms with Crippen molar-refractivity contribution in [3.8, 4) is 0 Å². The molecule has 0 aliphatic carbocycles. The van der Waals surface area contributed by atoms with Gasteiger partial charge in [0.2, 0.25) is 0 Å². The Morgan fingerprint density at radius 3 is 2.95 bits per heavy atom. The first-order valence-corrected chi connectivity index (χ1v) is 7.41. The molecule has 2 aromatic heterocycles. The Labute approximate surface area is 121 Å². The van der Waals surface area contributed by atoms with Crippen molar-refractivity contribution in [2.45, 2.75) is 46.8 Å². The monoisotopic (exact) mass is 275 g/mol. The first-order chi connectivity index (χ1) is 9.69. The molecule has 5 heteroatoms. The number of aryl methyl sites for hydroxylation is 1. The molecule has 20 heavy (non-hydrogen) atoms. The summed E-state index contributed by atoms with van der Waals surface area (Å²) in [5.74, 6) is 1.70. The number of rotatable bonds is 8. The minimum atomic E-state index is 0.685. The van der Waals surface area contributed by atoms with Crippen LogP contribution in [0.2, 0.25) is 0 Å². The summed E-state index contributed by atoms with van der Waals surface area (Å²) in [5.41, 5.74) is 1.31. The van der Waals surface area contributed by atoms with E-state index in [0.29, 0.717) is 5.92 Å². The minimum absolute atomic E-state index is 0.685. The molecular formula is C15H25N5. The standard InChI is InChI=1S/C15H25N5/c1-4-6-20-15(17-12-18-20)11-19-7-5-14(10-19)9-16-8-13(2)3/h5,7,10,12-13,16H,4,6,8-9,11H2,1-3H3. The number of nitrogens with one attached hydrogen (secondary N) is 1. The Kier molecular flexibility index (Phi) is 5.35. The quantitative estimate of drug-likeness (QED) is 0.804. The summed E-state index contributed by atoms with van der Waals surface area (Å²) in [6.07, 6.45) is 7.00. The van der Waals surface area contributed by atoms with Crippen molar-refractivity contribution in [1.82, 2.24) is 24.6 Å². The number of aromatic nitrogens is 4. The van der Waals surface area contributed by atoms with Crippen LogP contribution < -0.4 is 5.32 Å². The number of hydrogen-bond donors (Lipinski definition) is 1. The van der Waals surface area contributed by atoms with Gasteiger partial charge in [0, 0.05) is 25.5 Å². The SMILES string of the molecule is CCCn1ncnc1Cn1ccc(CNCC(C)C)c1. The van der Waals surface area contributed by atoms with Gasteiger partial charge in [-0.1, -0.05) is 20.8 Å². The van der Waals surface area contributed by atoms with Crippen LogP contribution in [0.4, 0.5) is 0 Å². The van der Waals surface area contributed by atoms with Gasteiger partial charge in [-0.2, -0.15) is 5.10 Å². The molecular weight excluding hydrogens is 250 g/mol. The van der Waals surface area contributed by atoms with Crippen molar-refractivity contribution in [2.24, 2.45) is 5.92 Å². The van der Waals surface area contributed by atoms with E-state index in [1.165, 1.54) is 5.56 Å². The lowest BCUT2D eigenvalue weighted by Gasteiger charge is -2.06. The molecule has 0 unspecified atom stereocenters. The van der Waals surface area contributed by atoms with E-state index in [4.69, 9.17) is 0 Å². The summed E-state index contributed by atoms with van der Waals surface area (Å²) in [6, 6.07) is 2.16. The van der Waals surface area contributed by atoms with Gasteiger partial charge in [-0.3, -0.25) is 0 Å². The summed E-state index contributed by atoms with van der Waals surface area (Å²) >= 11 is 0. The molecule has 0 radical (unpaired) electrons. The largest absolute Gasteiger partial charge is 0.346 e. The van der Waals surface area contributed by atoms with Gasteiger partial charge in [0.05, 0.1) is 6.54 Å². The molecule has 0 amide bonds. The highest BCUT2D eigenvalue weighted by Crippen LogP contribution is 2.05. The molecule has 1 N–H and O–H groups in total. The molecule has 2 rings (SSSR count). The van der Waals surface area contributed by atoms with Gasteiger partial charge in [-0.05, 0) is 30.5 Å². The molecule has 0 aromatic carbocycles. The Morgan fingerprint density at radius 2 is 2.20 bits per heavy atom. The van der Waals surface area contributed by atoms with Crippen molar-refractivity contribution in [3.63, 3.8) is 0 Å². The molecule has 0 spiro atoms. The Balaban J connectivity index is 1.90. The third-order valence-corrected chi connectivity index (χ3v) is 3.15. The second-order valence-electron chi connectivity index (χ2n) is 5.62. The fourth-order valence-corrected chi connectivity index (χ4v) is 2.17. The Morgan fingerprint density at radius 1 is 1.35 bits per heavy atom. The van der Waals surface area contributed by atoms with Crippen LogP contribution >= 0.6 is 0 Å². The molecule has 0 saturated heterocycles. The van der Waals surface area contributed by atoms with Crippen LogP contribution in [0.5, 0.6) is 0 Å². The van der Waals surface area contributed by atoms with Gasteiger partial charge in [-0.25, -0.2) is 9.67 Å². The van der Waals surface area contributed by atoms with Gasteiger partial charge in [0.1, 0.15) is 12.2 Å². The maximum atomic E-state index is 4.34. The van der Waals surface area contributed by atoms with Crippen LogP contribution in [0, 0.1) is 5.92 Å². The molecule has 2 heterocycles. The van der Waals surface area contributed by atoms with Crippen molar-refractivity contribution in [2.75, 3.05) is 6.54 Å². The van der Waals surface area contributed by atoms with E-state index in [2.05, 4.69) is 59.2 Å². The lowest BCUT2D eigenvalue weighted by molar-refractivity contribution is 0.548. The van der Waals surface area contributed by atoms with Crippen molar-refractivity contribution in [3.05, 3.63) is 36.2 Å². The Bertz CT molecular complexity index is 512. The Hall–Kier alpha value is -1.62. The van der Waals surface area contributed by atoms with E-state index < -0.39 is 0 Å². The summed E-state index contributed by atoms with van der Waals surface area (Å²) in [4.78, 5) is 4.34. The highest BCUT2D eigenvalue weighted by atomic mass is 15.3. The average Bonchev–Trinajstić information content (AvgIpc) is 3.01. The molecule has 110 valence electrons. The van der Waals surface area contributed by atoms with Crippen LogP contribution in [-0.2, 0) is 19.6 Å². The van der Waals surface area contributed by atoms with Crippen LogP contribution in [-0.4, -0.2) is 25.9 Å². The van der Waals surface area contributed by atoms with Gasteiger partial charge in [0.25, 0.3) is 0 Å². The smallest absolute Gasteiger partial charge is 0.146 e. The summed E-state index contributed by atoms with van der Waals surface area (Å²) < 4.78 is 4.15. The predicted molar refractivity (Wildman–Crippen MR) is 80.4 cm³/mol. The highest BCUT2D eigenvalue weighted by molar-refractivity contribution is 5.11. The van der Waals surface area contributed by atoms with Gasteiger partial charge >= 0.3 is 0 Å². The van der Waals surface area contributed by atoms with E-state index >= 15 is 0 Å². The second-order valence-corrected chi connectivity index (χ2v) is 5.62. The topological polar surface area (TPSA) is 47.7 Å². The van der Waals surface area contributed by atoms with E-state index in [1.807, 2.05) is 4.68 Å². The van der Waals surface area contributed by atoms with Crippen LogP contribution in [0.3, 0.4) is 0 Å². The molecule has 0 fully saturated rings. The third-order valence-electron chi connectivity index (χ3n) is 3.15. The number of hydrogen-bond acceptors (Lipinski definition) is 3. The van der Waals surface area contributed by atoms with Gasteiger partial charge in [0.15, 0.2) is 0 Å². The van der Waals surface area contributed by atoms with E-state index in [0.717, 1.165) is 38.4 Å². The van der Waals surface area contributed by atoms with Gasteiger partial charge < -0.3 is 9.88 Å². The average molecular weight is 275 g/mol. The maximum absolute atomic E-state index is 4.34. The molecule has 0 atom stereocenters. The normalized spacial score (nSPS) is 11.4. The first kappa shape index (κ1) is 14.8. The maximum Gasteiger partial charge on any atom is 0.146 e. The van der Waals surface area contributed by atoms with Crippen LogP contribution in [0.25, 0.3) is 0 Å². The predicted octanol–water partition coefficient (Wildman–Crippen LogP) is 2.28. The molecule has 0 saturated carbocycles. The van der Waals surface area contributed by atoms with Crippen molar-refractivity contribution >= 4 is 0 Å². The molecule has 0 bridgehead atoms. The summed E-state index contributed by atoms with van der Waals surface area (Å²) in [6.45, 7) is 10.3. The highest BCUT2D eigenvalue weighted by Gasteiger charge is 2.05. The summed E-state index contributed by atoms with van der Waals surface area (Å²) in [5, 5.41) is 7.72. The lowest BCUT2D eigenvalue weighted by Crippen LogP contribution is -2.18. The van der Waals surface area contributed by atoms with Crippen molar-refractivity contribution in [1.29, 1.82) is 0 Å². The van der Waals surface area contributed by atoms with Crippen molar-refractivity contribution < 1.29 is 0 Å². The molecule has 2 aromatic rings. The van der Waals surface area contributed by atoms with Crippen LogP contribution in [0.1, 0.15) is 38.6 Å². The first-order valence-electron chi connectivity index (χ1n) is 7.41. The van der Waals surface area contributed by atoms with Gasteiger partial charge in [-0.15, -0.1) is 0 Å². The molecule has 0 aliphatic heterocycles. The fraction of sp³-hybridized carbons (Fsp3) is 0.600.